The topological polar surface area (TPSA) is 12.9 Å². The van der Waals surface area contributed by atoms with Gasteiger partial charge in [0.05, 0.1) is 0 Å². The van der Waals surface area contributed by atoms with Gasteiger partial charge in [-0.15, -0.1) is 0 Å². The Morgan fingerprint density at radius 2 is 2.00 bits per heavy atom. The van der Waals surface area contributed by atoms with Gasteiger partial charge in [0, 0.05) is 11.9 Å². The van der Waals surface area contributed by atoms with Crippen molar-refractivity contribution in [2.45, 2.75) is 47.5 Å². The van der Waals surface area contributed by atoms with Gasteiger partial charge in [-0.3, -0.25) is 4.98 Å². The maximum atomic E-state index is 4.41. The third kappa shape index (κ3) is 4.96. The van der Waals surface area contributed by atoms with Crippen molar-refractivity contribution < 1.29 is 0 Å². The Hall–Kier alpha value is -0.850. The minimum absolute atomic E-state index is 0.420. The van der Waals surface area contributed by atoms with Crippen molar-refractivity contribution in [3.63, 3.8) is 0 Å². The predicted octanol–water partition coefficient (Wildman–Crippen LogP) is 4.00. The average Bonchev–Trinajstić information content (AvgIpc) is 1.99. The minimum Gasteiger partial charge on any atom is -0.261 e. The number of hydrogen-bond acceptors (Lipinski definition) is 1. The van der Waals surface area contributed by atoms with E-state index in [0.29, 0.717) is 11.3 Å². The quantitative estimate of drug-likeness (QED) is 0.726. The third-order valence-corrected chi connectivity index (χ3v) is 2.49. The Labute approximate surface area is 93.9 Å². The molecule has 84 valence electrons. The second-order valence-electron chi connectivity index (χ2n) is 5.90. The molecule has 15 heavy (non-hydrogen) atoms. The lowest BCUT2D eigenvalue weighted by Crippen LogP contribution is -2.13. The highest BCUT2D eigenvalue weighted by molar-refractivity contribution is 5.14. The van der Waals surface area contributed by atoms with E-state index in [-0.39, 0.29) is 0 Å². The van der Waals surface area contributed by atoms with E-state index in [0.717, 1.165) is 6.42 Å². The molecular formula is C14H23N. The van der Waals surface area contributed by atoms with Gasteiger partial charge < -0.3 is 0 Å². The van der Waals surface area contributed by atoms with Gasteiger partial charge in [0.25, 0.3) is 0 Å². The number of pyridine rings is 1. The molecule has 0 saturated carbocycles. The summed E-state index contributed by atoms with van der Waals surface area (Å²) in [5.74, 6) is 0.708. The lowest BCUT2D eigenvalue weighted by Gasteiger charge is -2.23. The van der Waals surface area contributed by atoms with Crippen molar-refractivity contribution >= 4 is 0 Å². The van der Waals surface area contributed by atoms with Crippen LogP contribution in [-0.2, 0) is 6.42 Å². The maximum Gasteiger partial charge on any atom is 0.0408 e. The summed E-state index contributed by atoms with van der Waals surface area (Å²) in [5, 5.41) is 0. The highest BCUT2D eigenvalue weighted by Gasteiger charge is 2.15. The van der Waals surface area contributed by atoms with E-state index in [4.69, 9.17) is 0 Å². The molecule has 1 rings (SSSR count). The molecule has 0 fully saturated rings. The van der Waals surface area contributed by atoms with E-state index in [2.05, 4.69) is 51.7 Å². The van der Waals surface area contributed by atoms with Crippen LogP contribution in [0.2, 0.25) is 0 Å². The summed E-state index contributed by atoms with van der Waals surface area (Å²) in [6.07, 6.45) is 4.26. The molecule has 0 aromatic carbocycles. The van der Waals surface area contributed by atoms with E-state index in [1.54, 1.807) is 0 Å². The fraction of sp³-hybridized carbons (Fsp3) is 0.643. The van der Waals surface area contributed by atoms with Crippen LogP contribution >= 0.6 is 0 Å². The summed E-state index contributed by atoms with van der Waals surface area (Å²) in [5.41, 5.74) is 2.96. The van der Waals surface area contributed by atoms with Crippen LogP contribution in [-0.4, -0.2) is 4.98 Å². The number of nitrogens with zero attached hydrogens (tertiary/aromatic N) is 1. The van der Waals surface area contributed by atoms with Crippen molar-refractivity contribution in [2.75, 3.05) is 0 Å². The maximum absolute atomic E-state index is 4.41. The Bertz CT molecular complexity index is 309. The first kappa shape index (κ1) is 12.2. The first-order valence-corrected chi connectivity index (χ1v) is 5.78. The lowest BCUT2D eigenvalue weighted by atomic mass is 9.83. The highest BCUT2D eigenvalue weighted by Crippen LogP contribution is 2.25. The van der Waals surface area contributed by atoms with Gasteiger partial charge in [-0.2, -0.15) is 0 Å². The Kier molecular flexibility index (Phi) is 3.90. The fourth-order valence-corrected chi connectivity index (χ4v) is 2.18. The summed E-state index contributed by atoms with van der Waals surface area (Å²) < 4.78 is 0. The van der Waals surface area contributed by atoms with Crippen LogP contribution in [0.4, 0.5) is 0 Å². The molecule has 0 bridgehead atoms. The van der Waals surface area contributed by atoms with Crippen LogP contribution in [0.25, 0.3) is 0 Å². The average molecular weight is 205 g/mol. The Morgan fingerprint density at radius 3 is 2.53 bits per heavy atom. The summed E-state index contributed by atoms with van der Waals surface area (Å²) >= 11 is 0. The largest absolute Gasteiger partial charge is 0.261 e. The summed E-state index contributed by atoms with van der Waals surface area (Å²) in [6.45, 7) is 11.3. The zero-order chi connectivity index (χ0) is 11.5. The van der Waals surface area contributed by atoms with E-state index in [1.807, 2.05) is 6.20 Å². The lowest BCUT2D eigenvalue weighted by molar-refractivity contribution is 0.305. The van der Waals surface area contributed by atoms with Gasteiger partial charge in [-0.05, 0) is 48.8 Å². The van der Waals surface area contributed by atoms with E-state index in [1.165, 1.54) is 17.7 Å². The first-order valence-electron chi connectivity index (χ1n) is 5.78. The highest BCUT2D eigenvalue weighted by atomic mass is 14.7. The molecule has 0 N–H and O–H groups in total. The fourth-order valence-electron chi connectivity index (χ4n) is 2.18. The monoisotopic (exact) mass is 205 g/mol. The van der Waals surface area contributed by atoms with Crippen molar-refractivity contribution in [1.29, 1.82) is 0 Å². The van der Waals surface area contributed by atoms with Crippen LogP contribution in [0, 0.1) is 18.3 Å². The zero-order valence-electron chi connectivity index (χ0n) is 10.7. The van der Waals surface area contributed by atoms with Gasteiger partial charge in [-0.25, -0.2) is 0 Å². The van der Waals surface area contributed by atoms with Gasteiger partial charge in [-0.1, -0.05) is 27.7 Å². The van der Waals surface area contributed by atoms with Gasteiger partial charge in [0.1, 0.15) is 0 Å². The number of aryl methyl sites for hydroxylation is 1. The molecule has 0 radical (unpaired) electrons. The van der Waals surface area contributed by atoms with E-state index in [9.17, 15) is 0 Å². The predicted molar refractivity (Wildman–Crippen MR) is 65.9 cm³/mol. The smallest absolute Gasteiger partial charge is 0.0408 e. The molecule has 0 spiro atoms. The molecule has 0 saturated heterocycles. The molecular weight excluding hydrogens is 182 g/mol. The van der Waals surface area contributed by atoms with Crippen LogP contribution in [0.15, 0.2) is 18.3 Å². The van der Waals surface area contributed by atoms with Crippen molar-refractivity contribution in [3.05, 3.63) is 29.6 Å². The van der Waals surface area contributed by atoms with E-state index >= 15 is 0 Å². The zero-order valence-corrected chi connectivity index (χ0v) is 10.7. The Balaban J connectivity index is 2.55. The van der Waals surface area contributed by atoms with Crippen molar-refractivity contribution in [1.82, 2.24) is 4.98 Å². The molecule has 1 atom stereocenters. The molecule has 0 amide bonds. The van der Waals surface area contributed by atoms with Crippen LogP contribution < -0.4 is 0 Å². The van der Waals surface area contributed by atoms with Crippen LogP contribution in [0.5, 0.6) is 0 Å². The normalized spacial score (nSPS) is 13.9. The summed E-state index contributed by atoms with van der Waals surface area (Å²) in [6, 6.07) is 4.25. The molecule has 0 aliphatic rings. The molecule has 1 aromatic heterocycles. The summed E-state index contributed by atoms with van der Waals surface area (Å²) in [7, 11) is 0. The first-order chi connectivity index (χ1) is 6.87. The molecule has 0 aliphatic carbocycles. The van der Waals surface area contributed by atoms with E-state index < -0.39 is 0 Å². The van der Waals surface area contributed by atoms with Crippen molar-refractivity contribution in [3.8, 4) is 0 Å². The second-order valence-corrected chi connectivity index (χ2v) is 5.90. The summed E-state index contributed by atoms with van der Waals surface area (Å²) in [4.78, 5) is 4.41. The standard InChI is InChI=1S/C14H23N/c1-11-6-7-15-13(8-11)9-12(2)10-14(3,4)5/h6-8,12H,9-10H2,1-5H3. The molecule has 1 nitrogen and oxygen atoms in total. The van der Waals surface area contributed by atoms with Crippen molar-refractivity contribution in [2.24, 2.45) is 11.3 Å². The SMILES string of the molecule is Cc1ccnc(CC(C)CC(C)(C)C)c1. The van der Waals surface area contributed by atoms with Gasteiger partial charge in [0.2, 0.25) is 0 Å². The van der Waals surface area contributed by atoms with Gasteiger partial charge >= 0.3 is 0 Å². The number of aromatic nitrogens is 1. The third-order valence-electron chi connectivity index (χ3n) is 2.49. The molecule has 1 aromatic rings. The number of rotatable bonds is 3. The second kappa shape index (κ2) is 4.78. The Morgan fingerprint density at radius 1 is 1.33 bits per heavy atom. The van der Waals surface area contributed by atoms with Crippen LogP contribution in [0.3, 0.4) is 0 Å². The van der Waals surface area contributed by atoms with Crippen LogP contribution in [0.1, 0.15) is 45.4 Å². The number of hydrogen-bond donors (Lipinski definition) is 0. The minimum atomic E-state index is 0.420. The van der Waals surface area contributed by atoms with Gasteiger partial charge in [0.15, 0.2) is 0 Å². The molecule has 1 unspecified atom stereocenters. The molecule has 1 heteroatoms. The molecule has 0 aliphatic heterocycles. The molecule has 1 heterocycles.